The highest BCUT2D eigenvalue weighted by atomic mass is 32.2. The fourth-order valence-electron chi connectivity index (χ4n) is 2.89. The number of aromatic nitrogens is 4. The summed E-state index contributed by atoms with van der Waals surface area (Å²) in [6.07, 6.45) is 2.23. The van der Waals surface area contributed by atoms with Gasteiger partial charge in [-0.1, -0.05) is 17.8 Å². The molecule has 32 heavy (non-hydrogen) atoms. The van der Waals surface area contributed by atoms with Crippen LogP contribution < -0.4 is 11.1 Å². The zero-order valence-corrected chi connectivity index (χ0v) is 20.5. The van der Waals surface area contributed by atoms with Crippen LogP contribution in [0.25, 0.3) is 0 Å². The van der Waals surface area contributed by atoms with Crippen LogP contribution in [0.4, 0.5) is 10.1 Å². The van der Waals surface area contributed by atoms with Crippen LogP contribution in [0.1, 0.15) is 39.2 Å². The van der Waals surface area contributed by atoms with E-state index in [-0.39, 0.29) is 18.3 Å². The predicted molar refractivity (Wildman–Crippen MR) is 129 cm³/mol. The van der Waals surface area contributed by atoms with E-state index in [0.29, 0.717) is 39.6 Å². The number of carbonyl (C=O) groups is 2. The van der Waals surface area contributed by atoms with Gasteiger partial charge in [0.05, 0.1) is 30.0 Å². The summed E-state index contributed by atoms with van der Waals surface area (Å²) >= 11 is 3.99. The van der Waals surface area contributed by atoms with E-state index in [1.165, 1.54) is 34.4 Å². The van der Waals surface area contributed by atoms with E-state index in [4.69, 9.17) is 10.5 Å². The molecule has 3 heterocycles. The highest BCUT2D eigenvalue weighted by molar-refractivity contribution is 7.99. The van der Waals surface area contributed by atoms with Gasteiger partial charge in [0.2, 0.25) is 5.91 Å². The van der Waals surface area contributed by atoms with Gasteiger partial charge in [0.15, 0.2) is 10.3 Å². The van der Waals surface area contributed by atoms with Crippen molar-refractivity contribution in [2.75, 3.05) is 23.4 Å². The summed E-state index contributed by atoms with van der Waals surface area (Å²) in [7, 11) is 0. The van der Waals surface area contributed by atoms with E-state index < -0.39 is 5.97 Å². The fraction of sp³-hybridized carbons (Fsp3) is 0.350. The van der Waals surface area contributed by atoms with E-state index in [1.807, 2.05) is 23.8 Å². The largest absolute Gasteiger partial charge is 0.462 e. The molecule has 1 amide bonds. The van der Waals surface area contributed by atoms with E-state index in [2.05, 4.69) is 27.1 Å². The van der Waals surface area contributed by atoms with Crippen LogP contribution in [-0.4, -0.2) is 44.0 Å². The molecule has 0 aliphatic rings. The molecule has 9 nitrogen and oxygen atoms in total. The molecule has 0 fully saturated rings. The number of aryl methyl sites for hydroxylation is 1. The summed E-state index contributed by atoms with van der Waals surface area (Å²) in [5.74, 6) is 0.142. The number of esters is 1. The van der Waals surface area contributed by atoms with E-state index >= 15 is 0 Å². The Bertz CT molecular complexity index is 1130. The molecule has 12 heteroatoms. The molecule has 0 unspecified atom stereocenters. The standard InChI is InChI=1S/C20H24N6O3S3/c1-5-7-26-14(8-13-9-30-19(21)22-13)24-25-20(26)31-10-15(27)23-17-16(18(28)29-6-2)11(3)12(4)32-17/h5,9H,1,6-8,10H2,2-4H3,(H2,21,22)(H,23,27). The second-order valence-electron chi connectivity index (χ2n) is 6.70. The number of nitrogens with two attached hydrogens (primary N) is 1. The number of thiazole rings is 1. The first kappa shape index (κ1) is 24.0. The van der Waals surface area contributed by atoms with E-state index in [0.717, 1.165) is 16.1 Å². The molecular formula is C20H24N6O3S3. The van der Waals surface area contributed by atoms with Crippen molar-refractivity contribution in [1.82, 2.24) is 19.7 Å². The van der Waals surface area contributed by atoms with Crippen LogP contribution in [0, 0.1) is 13.8 Å². The molecule has 170 valence electrons. The highest BCUT2D eigenvalue weighted by Crippen LogP contribution is 2.33. The number of ether oxygens (including phenoxy) is 1. The third-order valence-corrected chi connectivity index (χ3v) is 7.28. The number of nitrogen functional groups attached to an aromatic ring is 1. The number of allylic oxidation sites excluding steroid dienone is 1. The van der Waals surface area contributed by atoms with Crippen molar-refractivity contribution in [3.8, 4) is 0 Å². The lowest BCUT2D eigenvalue weighted by molar-refractivity contribution is -0.113. The number of carbonyl (C=O) groups excluding carboxylic acids is 2. The molecular weight excluding hydrogens is 468 g/mol. The van der Waals surface area contributed by atoms with Gasteiger partial charge in [-0.05, 0) is 26.3 Å². The van der Waals surface area contributed by atoms with Crippen LogP contribution >= 0.6 is 34.4 Å². The van der Waals surface area contributed by atoms with Gasteiger partial charge in [-0.15, -0.1) is 39.4 Å². The topological polar surface area (TPSA) is 125 Å². The quantitative estimate of drug-likeness (QED) is 0.249. The Hall–Kier alpha value is -2.70. The molecule has 3 aromatic rings. The number of thiophene rings is 1. The number of hydrogen-bond donors (Lipinski definition) is 2. The van der Waals surface area contributed by atoms with Gasteiger partial charge < -0.3 is 20.4 Å². The molecule has 0 bridgehead atoms. The summed E-state index contributed by atoms with van der Waals surface area (Å²) < 4.78 is 7.03. The zero-order valence-electron chi connectivity index (χ0n) is 18.0. The highest BCUT2D eigenvalue weighted by Gasteiger charge is 2.22. The summed E-state index contributed by atoms with van der Waals surface area (Å²) in [6.45, 7) is 10.1. The van der Waals surface area contributed by atoms with E-state index in [9.17, 15) is 9.59 Å². The first-order valence-electron chi connectivity index (χ1n) is 9.76. The Morgan fingerprint density at radius 2 is 2.16 bits per heavy atom. The molecule has 0 spiro atoms. The van der Waals surface area contributed by atoms with Gasteiger partial charge in [0.25, 0.3) is 0 Å². The first-order chi connectivity index (χ1) is 15.3. The van der Waals surface area contributed by atoms with Gasteiger partial charge in [0, 0.05) is 16.8 Å². The molecule has 0 radical (unpaired) electrons. The SMILES string of the molecule is C=CCn1c(Cc2csc(N)n2)nnc1SCC(=O)Nc1sc(C)c(C)c1C(=O)OCC. The minimum absolute atomic E-state index is 0.108. The number of nitrogens with one attached hydrogen (secondary N) is 1. The van der Waals surface area contributed by atoms with Crippen LogP contribution in [0.3, 0.4) is 0 Å². The zero-order chi connectivity index (χ0) is 23.3. The summed E-state index contributed by atoms with van der Waals surface area (Å²) in [4.78, 5) is 30.2. The first-order valence-corrected chi connectivity index (χ1v) is 12.4. The maximum absolute atomic E-state index is 12.6. The molecule has 0 saturated carbocycles. The maximum atomic E-state index is 12.6. The van der Waals surface area contributed by atoms with Crippen molar-refractivity contribution >= 4 is 56.4 Å². The van der Waals surface area contributed by atoms with Gasteiger partial charge in [-0.3, -0.25) is 4.79 Å². The Labute approximate surface area is 198 Å². The van der Waals surface area contributed by atoms with Crippen LogP contribution in [0.15, 0.2) is 23.2 Å². The number of amides is 1. The van der Waals surface area contributed by atoms with Crippen LogP contribution in [0.2, 0.25) is 0 Å². The number of anilines is 2. The average Bonchev–Trinajstić information content (AvgIpc) is 3.40. The van der Waals surface area contributed by atoms with Gasteiger partial charge in [0.1, 0.15) is 10.8 Å². The lowest BCUT2D eigenvalue weighted by atomic mass is 10.1. The Balaban J connectivity index is 1.69. The van der Waals surface area contributed by atoms with Crippen LogP contribution in [0.5, 0.6) is 0 Å². The molecule has 0 aliphatic carbocycles. The second kappa shape index (κ2) is 10.7. The number of thioether (sulfide) groups is 1. The molecule has 3 rings (SSSR count). The summed E-state index contributed by atoms with van der Waals surface area (Å²) in [5.41, 5.74) is 7.75. The molecule has 0 aliphatic heterocycles. The fourth-order valence-corrected chi connectivity index (χ4v) is 5.29. The van der Waals surface area contributed by atoms with Crippen molar-refractivity contribution in [2.45, 2.75) is 38.9 Å². The maximum Gasteiger partial charge on any atom is 0.341 e. The van der Waals surface area contributed by atoms with E-state index in [1.54, 1.807) is 13.0 Å². The van der Waals surface area contributed by atoms with Crippen molar-refractivity contribution in [3.63, 3.8) is 0 Å². The second-order valence-corrected chi connectivity index (χ2v) is 9.75. The predicted octanol–water partition coefficient (Wildman–Crippen LogP) is 3.68. The van der Waals surface area contributed by atoms with Gasteiger partial charge in [-0.2, -0.15) is 0 Å². The van der Waals surface area contributed by atoms with Crippen molar-refractivity contribution in [3.05, 3.63) is 45.6 Å². The number of nitrogens with zero attached hydrogens (tertiary/aromatic N) is 4. The number of rotatable bonds is 10. The van der Waals surface area contributed by atoms with Gasteiger partial charge >= 0.3 is 5.97 Å². The molecule has 0 saturated heterocycles. The normalized spacial score (nSPS) is 10.8. The van der Waals surface area contributed by atoms with Crippen molar-refractivity contribution in [1.29, 1.82) is 0 Å². The minimum Gasteiger partial charge on any atom is -0.462 e. The monoisotopic (exact) mass is 492 g/mol. The van der Waals surface area contributed by atoms with Crippen molar-refractivity contribution < 1.29 is 14.3 Å². The lowest BCUT2D eigenvalue weighted by Crippen LogP contribution is -2.17. The van der Waals surface area contributed by atoms with Crippen LogP contribution in [-0.2, 0) is 22.5 Å². The summed E-state index contributed by atoms with van der Waals surface area (Å²) in [5, 5.41) is 14.8. The lowest BCUT2D eigenvalue weighted by Gasteiger charge is -2.08. The van der Waals surface area contributed by atoms with Gasteiger partial charge in [-0.25, -0.2) is 9.78 Å². The Morgan fingerprint density at radius 1 is 1.38 bits per heavy atom. The average molecular weight is 493 g/mol. The molecule has 0 aromatic carbocycles. The van der Waals surface area contributed by atoms with Crippen molar-refractivity contribution in [2.24, 2.45) is 0 Å². The Morgan fingerprint density at radius 3 is 2.81 bits per heavy atom. The number of hydrogen-bond acceptors (Lipinski definition) is 10. The third-order valence-electron chi connectivity index (χ3n) is 4.46. The summed E-state index contributed by atoms with van der Waals surface area (Å²) in [6, 6.07) is 0. The Kier molecular flexibility index (Phi) is 8.04. The third kappa shape index (κ3) is 5.56. The minimum atomic E-state index is -0.435. The molecule has 3 N–H and O–H groups in total. The smallest absolute Gasteiger partial charge is 0.341 e. The molecule has 3 aromatic heterocycles. The molecule has 0 atom stereocenters.